The number of aliphatic hydroxyl groups excluding tert-OH is 1. The fourth-order valence-corrected chi connectivity index (χ4v) is 2.37. The maximum atomic E-state index is 10.6. The van der Waals surface area contributed by atoms with Crippen LogP contribution in [-0.2, 0) is 4.79 Å². The van der Waals surface area contributed by atoms with Crippen molar-refractivity contribution in [3.63, 3.8) is 0 Å². The highest BCUT2D eigenvalue weighted by Gasteiger charge is 2.38. The number of piperazine rings is 1. The first kappa shape index (κ1) is 22.2. The number of hydrogen-bond donors (Lipinski definition) is 2. The van der Waals surface area contributed by atoms with Crippen LogP contribution in [0.5, 0.6) is 5.75 Å². The molecule has 0 aliphatic carbocycles. The number of ether oxygens (including phenoxy) is 1. The standard InChI is InChI=1S/C15H24N2O2.C2HF3O2/c18-13-12-17-10-8-16(9-11-17)7-4-14-19-15-5-2-1-3-6-15;3-2(4,5)1(6)7/h1-3,5-6,18H,4,7-14H2;(H,6,7). The van der Waals surface area contributed by atoms with E-state index in [1.165, 1.54) is 0 Å². The summed E-state index contributed by atoms with van der Waals surface area (Å²) in [5.74, 6) is -1.80. The molecule has 0 saturated carbocycles. The van der Waals surface area contributed by atoms with Crippen LogP contribution in [0.25, 0.3) is 0 Å². The van der Waals surface area contributed by atoms with Crippen molar-refractivity contribution in [1.82, 2.24) is 9.80 Å². The second-order valence-corrected chi connectivity index (χ2v) is 5.72. The first-order valence-corrected chi connectivity index (χ1v) is 8.36. The van der Waals surface area contributed by atoms with Gasteiger partial charge in [0, 0.05) is 39.3 Å². The predicted octanol–water partition coefficient (Wildman–Crippen LogP) is 1.70. The summed E-state index contributed by atoms with van der Waals surface area (Å²) in [6, 6.07) is 9.98. The van der Waals surface area contributed by atoms with Gasteiger partial charge in [0.05, 0.1) is 13.2 Å². The Labute approximate surface area is 150 Å². The molecular formula is C17H25F3N2O4. The number of alkyl halides is 3. The highest BCUT2D eigenvalue weighted by Crippen LogP contribution is 2.13. The Morgan fingerprint density at radius 3 is 2.00 bits per heavy atom. The number of aliphatic carboxylic acids is 1. The molecule has 0 atom stereocenters. The third kappa shape index (κ3) is 9.59. The molecule has 1 saturated heterocycles. The fourth-order valence-electron chi connectivity index (χ4n) is 2.37. The second-order valence-electron chi connectivity index (χ2n) is 5.72. The Balaban J connectivity index is 0.000000412. The van der Waals surface area contributed by atoms with E-state index in [9.17, 15) is 13.2 Å². The van der Waals surface area contributed by atoms with Crippen LogP contribution in [0, 0.1) is 0 Å². The predicted molar refractivity (Wildman–Crippen MR) is 90.2 cm³/mol. The lowest BCUT2D eigenvalue weighted by Crippen LogP contribution is -2.47. The number of β-amino-alcohol motifs (C(OH)–C–C–N with tert-alkyl or cyclic N) is 1. The first-order chi connectivity index (χ1) is 12.3. The van der Waals surface area contributed by atoms with Gasteiger partial charge >= 0.3 is 12.1 Å². The minimum Gasteiger partial charge on any atom is -0.494 e. The van der Waals surface area contributed by atoms with E-state index in [-0.39, 0.29) is 6.61 Å². The van der Waals surface area contributed by atoms with Crippen molar-refractivity contribution in [3.05, 3.63) is 30.3 Å². The number of aliphatic hydroxyl groups is 1. The van der Waals surface area contributed by atoms with Crippen molar-refractivity contribution in [2.24, 2.45) is 0 Å². The summed E-state index contributed by atoms with van der Waals surface area (Å²) in [5, 5.41) is 16.0. The zero-order valence-corrected chi connectivity index (χ0v) is 14.5. The molecule has 26 heavy (non-hydrogen) atoms. The average Bonchev–Trinajstić information content (AvgIpc) is 2.61. The summed E-state index contributed by atoms with van der Waals surface area (Å²) in [5.41, 5.74) is 0. The number of benzene rings is 1. The van der Waals surface area contributed by atoms with Crippen LogP contribution in [-0.4, -0.2) is 84.6 Å². The van der Waals surface area contributed by atoms with Gasteiger partial charge in [0.25, 0.3) is 0 Å². The molecule has 0 unspecified atom stereocenters. The summed E-state index contributed by atoms with van der Waals surface area (Å²) in [7, 11) is 0. The van der Waals surface area contributed by atoms with E-state index in [2.05, 4.69) is 9.80 Å². The molecule has 1 aromatic rings. The monoisotopic (exact) mass is 378 g/mol. The van der Waals surface area contributed by atoms with Gasteiger partial charge in [0.15, 0.2) is 0 Å². The van der Waals surface area contributed by atoms with E-state index < -0.39 is 12.1 Å². The quantitative estimate of drug-likeness (QED) is 0.704. The van der Waals surface area contributed by atoms with Gasteiger partial charge in [-0.05, 0) is 18.6 Å². The molecule has 0 amide bonds. The molecule has 2 N–H and O–H groups in total. The number of rotatable bonds is 7. The van der Waals surface area contributed by atoms with E-state index in [4.69, 9.17) is 19.7 Å². The smallest absolute Gasteiger partial charge is 0.490 e. The van der Waals surface area contributed by atoms with Crippen LogP contribution in [0.2, 0.25) is 0 Å². The van der Waals surface area contributed by atoms with Crippen LogP contribution < -0.4 is 4.74 Å². The number of carboxylic acids is 1. The summed E-state index contributed by atoms with van der Waals surface area (Å²) in [4.78, 5) is 13.7. The molecule has 0 bridgehead atoms. The number of carboxylic acid groups (broad SMARTS) is 1. The van der Waals surface area contributed by atoms with Gasteiger partial charge in [-0.25, -0.2) is 4.79 Å². The summed E-state index contributed by atoms with van der Waals surface area (Å²) >= 11 is 0. The largest absolute Gasteiger partial charge is 0.494 e. The lowest BCUT2D eigenvalue weighted by atomic mass is 10.3. The maximum Gasteiger partial charge on any atom is 0.490 e. The molecule has 1 aliphatic rings. The summed E-state index contributed by atoms with van der Waals surface area (Å²) in [6.45, 7) is 7.30. The maximum absolute atomic E-state index is 10.6. The molecule has 6 nitrogen and oxygen atoms in total. The zero-order valence-electron chi connectivity index (χ0n) is 14.5. The van der Waals surface area contributed by atoms with Crippen LogP contribution >= 0.6 is 0 Å². The first-order valence-electron chi connectivity index (χ1n) is 8.36. The molecule has 1 aromatic carbocycles. The topological polar surface area (TPSA) is 73.2 Å². The molecule has 0 spiro atoms. The van der Waals surface area contributed by atoms with Crippen molar-refractivity contribution >= 4 is 5.97 Å². The molecule has 1 heterocycles. The van der Waals surface area contributed by atoms with Crippen molar-refractivity contribution in [2.45, 2.75) is 12.6 Å². The van der Waals surface area contributed by atoms with E-state index in [1.54, 1.807) is 0 Å². The molecule has 0 radical (unpaired) electrons. The number of hydrogen-bond acceptors (Lipinski definition) is 5. The summed E-state index contributed by atoms with van der Waals surface area (Å²) < 4.78 is 37.4. The van der Waals surface area contributed by atoms with Gasteiger partial charge in [0.1, 0.15) is 5.75 Å². The molecule has 9 heteroatoms. The molecule has 148 valence electrons. The highest BCUT2D eigenvalue weighted by atomic mass is 19.4. The van der Waals surface area contributed by atoms with Crippen LogP contribution in [0.4, 0.5) is 13.2 Å². The van der Waals surface area contributed by atoms with Gasteiger partial charge < -0.3 is 19.8 Å². The van der Waals surface area contributed by atoms with Crippen molar-refractivity contribution in [3.8, 4) is 5.75 Å². The van der Waals surface area contributed by atoms with Gasteiger partial charge in [-0.3, -0.25) is 4.90 Å². The number of para-hydroxylation sites is 1. The summed E-state index contributed by atoms with van der Waals surface area (Å²) in [6.07, 6.45) is -4.02. The van der Waals surface area contributed by atoms with Crippen molar-refractivity contribution in [2.75, 3.05) is 52.5 Å². The van der Waals surface area contributed by atoms with E-state index in [0.717, 1.165) is 58.0 Å². The third-order valence-electron chi connectivity index (χ3n) is 3.75. The van der Waals surface area contributed by atoms with Crippen LogP contribution in [0.3, 0.4) is 0 Å². The third-order valence-corrected chi connectivity index (χ3v) is 3.75. The SMILES string of the molecule is O=C(O)C(F)(F)F.OCCN1CCN(CCCOc2ccccc2)CC1. The fraction of sp³-hybridized carbons (Fsp3) is 0.588. The minimum atomic E-state index is -5.08. The number of halogens is 3. The molecular weight excluding hydrogens is 353 g/mol. The van der Waals surface area contributed by atoms with Crippen LogP contribution in [0.1, 0.15) is 6.42 Å². The Kier molecular flexibility index (Phi) is 10.0. The number of carbonyl (C=O) groups is 1. The van der Waals surface area contributed by atoms with E-state index in [0.29, 0.717) is 0 Å². The van der Waals surface area contributed by atoms with Gasteiger partial charge in [-0.1, -0.05) is 18.2 Å². The zero-order chi connectivity index (χ0) is 19.4. The normalized spacial score (nSPS) is 15.8. The minimum absolute atomic E-state index is 0.269. The van der Waals surface area contributed by atoms with Gasteiger partial charge in [-0.2, -0.15) is 13.2 Å². The molecule has 0 aromatic heterocycles. The molecule has 1 aliphatic heterocycles. The lowest BCUT2D eigenvalue weighted by molar-refractivity contribution is -0.192. The Hall–Kier alpha value is -1.84. The van der Waals surface area contributed by atoms with Crippen molar-refractivity contribution < 1.29 is 32.9 Å². The van der Waals surface area contributed by atoms with Gasteiger partial charge in [0.2, 0.25) is 0 Å². The average molecular weight is 378 g/mol. The Morgan fingerprint density at radius 1 is 1.04 bits per heavy atom. The Morgan fingerprint density at radius 2 is 1.54 bits per heavy atom. The Bertz CT molecular complexity index is 506. The van der Waals surface area contributed by atoms with Crippen LogP contribution in [0.15, 0.2) is 30.3 Å². The second kappa shape index (κ2) is 11.7. The molecule has 2 rings (SSSR count). The van der Waals surface area contributed by atoms with E-state index >= 15 is 0 Å². The highest BCUT2D eigenvalue weighted by molar-refractivity contribution is 5.73. The van der Waals surface area contributed by atoms with Gasteiger partial charge in [-0.15, -0.1) is 0 Å². The number of nitrogens with zero attached hydrogens (tertiary/aromatic N) is 2. The van der Waals surface area contributed by atoms with E-state index in [1.807, 2.05) is 30.3 Å². The lowest BCUT2D eigenvalue weighted by Gasteiger charge is -2.34. The van der Waals surface area contributed by atoms with Crippen molar-refractivity contribution in [1.29, 1.82) is 0 Å². The molecule has 1 fully saturated rings.